The van der Waals surface area contributed by atoms with Gasteiger partial charge in [-0.05, 0) is 12.8 Å². The Hall–Kier alpha value is -1.26. The molecular formula is C8H15N5. The van der Waals surface area contributed by atoms with E-state index >= 15 is 0 Å². The van der Waals surface area contributed by atoms with E-state index in [0.29, 0.717) is 12.0 Å². The fourth-order valence-corrected chi connectivity index (χ4v) is 1.72. The van der Waals surface area contributed by atoms with Crippen LogP contribution >= 0.6 is 0 Å². The molecule has 1 aliphatic carbocycles. The molecular weight excluding hydrogens is 166 g/mol. The summed E-state index contributed by atoms with van der Waals surface area (Å²) >= 11 is 0. The van der Waals surface area contributed by atoms with Crippen molar-refractivity contribution in [3.8, 4) is 0 Å². The smallest absolute Gasteiger partial charge is 0.226 e. The van der Waals surface area contributed by atoms with Crippen LogP contribution in [0.5, 0.6) is 0 Å². The van der Waals surface area contributed by atoms with Gasteiger partial charge in [-0.15, -0.1) is 10.2 Å². The molecule has 1 aromatic heterocycles. The van der Waals surface area contributed by atoms with Gasteiger partial charge in [-0.1, -0.05) is 12.8 Å². The van der Waals surface area contributed by atoms with Crippen molar-refractivity contribution in [1.29, 1.82) is 0 Å². The van der Waals surface area contributed by atoms with Crippen molar-refractivity contribution in [1.82, 2.24) is 14.8 Å². The molecule has 0 saturated heterocycles. The van der Waals surface area contributed by atoms with Crippen molar-refractivity contribution < 1.29 is 0 Å². The average Bonchev–Trinajstić information content (AvgIpc) is 2.71. The molecule has 1 saturated carbocycles. The summed E-state index contributed by atoms with van der Waals surface area (Å²) in [4.78, 5) is 0. The minimum atomic E-state index is 0.459. The second-order valence-corrected chi connectivity index (χ2v) is 3.57. The summed E-state index contributed by atoms with van der Waals surface area (Å²) in [6, 6.07) is 0.558. The maximum Gasteiger partial charge on any atom is 0.226 e. The van der Waals surface area contributed by atoms with E-state index in [-0.39, 0.29) is 0 Å². The predicted molar refractivity (Wildman–Crippen MR) is 51.3 cm³/mol. The van der Waals surface area contributed by atoms with Gasteiger partial charge in [0.1, 0.15) is 0 Å². The maximum absolute atomic E-state index is 5.56. The van der Waals surface area contributed by atoms with Crippen molar-refractivity contribution in [2.24, 2.45) is 7.05 Å². The molecule has 1 heterocycles. The molecule has 2 rings (SSSR count). The zero-order valence-electron chi connectivity index (χ0n) is 7.82. The number of hydrogen-bond donors (Lipinski definition) is 2. The van der Waals surface area contributed by atoms with Crippen LogP contribution < -0.4 is 11.1 Å². The number of hydrogen-bond acceptors (Lipinski definition) is 4. The van der Waals surface area contributed by atoms with Gasteiger partial charge in [-0.25, -0.2) is 0 Å². The molecule has 0 atom stereocenters. The SMILES string of the molecule is Cn1c(N)nnc1NC1CCCC1. The summed E-state index contributed by atoms with van der Waals surface area (Å²) in [6.07, 6.45) is 5.08. The van der Waals surface area contributed by atoms with Crippen molar-refractivity contribution in [2.75, 3.05) is 11.1 Å². The first kappa shape index (κ1) is 8.34. The first-order chi connectivity index (χ1) is 6.27. The first-order valence-electron chi connectivity index (χ1n) is 4.69. The Morgan fingerprint density at radius 3 is 2.62 bits per heavy atom. The minimum absolute atomic E-state index is 0.459. The number of nitrogens with one attached hydrogen (secondary N) is 1. The molecule has 0 spiro atoms. The van der Waals surface area contributed by atoms with E-state index in [4.69, 9.17) is 5.73 Å². The van der Waals surface area contributed by atoms with Gasteiger partial charge in [0.05, 0.1) is 0 Å². The molecule has 5 heteroatoms. The van der Waals surface area contributed by atoms with Gasteiger partial charge in [0, 0.05) is 13.1 Å². The third kappa shape index (κ3) is 1.59. The molecule has 1 aromatic rings. The Balaban J connectivity index is 2.04. The van der Waals surface area contributed by atoms with Crippen LogP contribution in [0.1, 0.15) is 25.7 Å². The maximum atomic E-state index is 5.56. The Bertz CT molecular complexity index is 287. The molecule has 13 heavy (non-hydrogen) atoms. The zero-order chi connectivity index (χ0) is 9.26. The van der Waals surface area contributed by atoms with E-state index in [0.717, 1.165) is 5.95 Å². The summed E-state index contributed by atoms with van der Waals surface area (Å²) in [6.45, 7) is 0. The lowest BCUT2D eigenvalue weighted by atomic mass is 10.3. The van der Waals surface area contributed by atoms with Gasteiger partial charge < -0.3 is 11.1 Å². The number of nitrogens with two attached hydrogens (primary N) is 1. The van der Waals surface area contributed by atoms with Crippen molar-refractivity contribution in [3.05, 3.63) is 0 Å². The molecule has 0 aromatic carbocycles. The van der Waals surface area contributed by atoms with Gasteiger partial charge in [-0.2, -0.15) is 0 Å². The van der Waals surface area contributed by atoms with Crippen LogP contribution in [0.3, 0.4) is 0 Å². The first-order valence-corrected chi connectivity index (χ1v) is 4.69. The van der Waals surface area contributed by atoms with Crippen LogP contribution in [-0.4, -0.2) is 20.8 Å². The van der Waals surface area contributed by atoms with Crippen molar-refractivity contribution in [3.63, 3.8) is 0 Å². The van der Waals surface area contributed by atoms with Gasteiger partial charge in [0.25, 0.3) is 0 Å². The lowest BCUT2D eigenvalue weighted by molar-refractivity contribution is 0.732. The molecule has 1 fully saturated rings. The van der Waals surface area contributed by atoms with E-state index in [9.17, 15) is 0 Å². The van der Waals surface area contributed by atoms with E-state index in [2.05, 4.69) is 15.5 Å². The topological polar surface area (TPSA) is 68.8 Å². The predicted octanol–water partition coefficient (Wildman–Crippen LogP) is 0.752. The molecule has 5 nitrogen and oxygen atoms in total. The molecule has 0 amide bonds. The van der Waals surface area contributed by atoms with Crippen LogP contribution in [-0.2, 0) is 7.05 Å². The van der Waals surface area contributed by atoms with Crippen LogP contribution in [0.4, 0.5) is 11.9 Å². The van der Waals surface area contributed by atoms with Gasteiger partial charge in [-0.3, -0.25) is 4.57 Å². The molecule has 72 valence electrons. The van der Waals surface area contributed by atoms with Crippen molar-refractivity contribution in [2.45, 2.75) is 31.7 Å². The highest BCUT2D eigenvalue weighted by Crippen LogP contribution is 2.21. The Morgan fingerprint density at radius 2 is 2.08 bits per heavy atom. The number of nitrogen functional groups attached to an aromatic ring is 1. The molecule has 3 N–H and O–H groups in total. The van der Waals surface area contributed by atoms with E-state index in [1.54, 1.807) is 4.57 Å². The van der Waals surface area contributed by atoms with E-state index in [1.807, 2.05) is 7.05 Å². The highest BCUT2D eigenvalue weighted by Gasteiger charge is 2.16. The summed E-state index contributed by atoms with van der Waals surface area (Å²) in [5.41, 5.74) is 5.56. The highest BCUT2D eigenvalue weighted by atomic mass is 15.4. The second-order valence-electron chi connectivity index (χ2n) is 3.57. The minimum Gasteiger partial charge on any atom is -0.368 e. The van der Waals surface area contributed by atoms with Crippen LogP contribution in [0, 0.1) is 0 Å². The Morgan fingerprint density at radius 1 is 1.38 bits per heavy atom. The van der Waals surface area contributed by atoms with Crippen molar-refractivity contribution >= 4 is 11.9 Å². The quantitative estimate of drug-likeness (QED) is 0.706. The van der Waals surface area contributed by atoms with Gasteiger partial charge >= 0.3 is 0 Å². The fourth-order valence-electron chi connectivity index (χ4n) is 1.72. The number of anilines is 2. The zero-order valence-corrected chi connectivity index (χ0v) is 7.82. The number of rotatable bonds is 2. The van der Waals surface area contributed by atoms with Gasteiger partial charge in [0.2, 0.25) is 11.9 Å². The van der Waals surface area contributed by atoms with Crippen LogP contribution in [0.2, 0.25) is 0 Å². The standard InChI is InChI=1S/C8H15N5/c1-13-7(9)11-12-8(13)10-6-4-2-3-5-6/h6H,2-5H2,1H3,(H2,9,11)(H,10,12). The number of aromatic nitrogens is 3. The largest absolute Gasteiger partial charge is 0.368 e. The lowest BCUT2D eigenvalue weighted by Gasteiger charge is -2.11. The van der Waals surface area contributed by atoms with E-state index < -0.39 is 0 Å². The average molecular weight is 181 g/mol. The molecule has 1 aliphatic rings. The molecule has 0 bridgehead atoms. The van der Waals surface area contributed by atoms with Gasteiger partial charge in [0.15, 0.2) is 0 Å². The number of nitrogens with zero attached hydrogens (tertiary/aromatic N) is 3. The normalized spacial score (nSPS) is 17.9. The monoisotopic (exact) mass is 181 g/mol. The Labute approximate surface area is 77.3 Å². The Kier molecular flexibility index (Phi) is 2.08. The summed E-state index contributed by atoms with van der Waals surface area (Å²) in [5, 5.41) is 11.1. The molecule has 0 aliphatic heterocycles. The second kappa shape index (κ2) is 3.24. The third-order valence-corrected chi connectivity index (χ3v) is 2.60. The summed E-state index contributed by atoms with van der Waals surface area (Å²) in [5.74, 6) is 1.24. The lowest BCUT2D eigenvalue weighted by Crippen LogP contribution is -2.17. The summed E-state index contributed by atoms with van der Waals surface area (Å²) < 4.78 is 1.78. The molecule has 0 unspecified atom stereocenters. The van der Waals surface area contributed by atoms with Crippen LogP contribution in [0.15, 0.2) is 0 Å². The van der Waals surface area contributed by atoms with Crippen LogP contribution in [0.25, 0.3) is 0 Å². The third-order valence-electron chi connectivity index (χ3n) is 2.60. The van der Waals surface area contributed by atoms with E-state index in [1.165, 1.54) is 25.7 Å². The molecule has 0 radical (unpaired) electrons. The fraction of sp³-hybridized carbons (Fsp3) is 0.750. The summed E-state index contributed by atoms with van der Waals surface area (Å²) in [7, 11) is 1.87. The highest BCUT2D eigenvalue weighted by molar-refractivity contribution is 5.34.